The average Bonchev–Trinajstić information content (AvgIpc) is 3.53. The molecule has 0 aromatic heterocycles. The van der Waals surface area contributed by atoms with Gasteiger partial charge in [-0.05, 0) is 48.9 Å². The van der Waals surface area contributed by atoms with Gasteiger partial charge < -0.3 is 37.4 Å². The van der Waals surface area contributed by atoms with Crippen LogP contribution in [-0.2, 0) is 47.6 Å². The monoisotopic (exact) mass is 673 g/mol. The Hall–Kier alpha value is -4.90. The molecular formula is C30H39N7O9S. The third-order valence-corrected chi connectivity index (χ3v) is 8.37. The minimum absolute atomic E-state index is 0.0149. The molecule has 0 saturated carbocycles. The topological polar surface area (TPSA) is 257 Å². The molecule has 1 aliphatic rings. The molecule has 3 rings (SSSR count). The molecule has 1 saturated heterocycles. The van der Waals surface area contributed by atoms with Crippen molar-refractivity contribution < 1.29 is 38.2 Å². The fourth-order valence-corrected chi connectivity index (χ4v) is 5.63. The van der Waals surface area contributed by atoms with Crippen LogP contribution in [0.2, 0.25) is 0 Å². The number of aromatic hydroxyl groups is 1. The van der Waals surface area contributed by atoms with Gasteiger partial charge >= 0.3 is 0 Å². The number of nitrogens with zero attached hydrogens (tertiary/aromatic N) is 2. The van der Waals surface area contributed by atoms with Gasteiger partial charge in [-0.25, -0.2) is 0 Å². The Kier molecular flexibility index (Phi) is 13.3. The first-order valence-electron chi connectivity index (χ1n) is 14.8. The summed E-state index contributed by atoms with van der Waals surface area (Å²) < 4.78 is 11.7. The van der Waals surface area contributed by atoms with Crippen LogP contribution in [0.1, 0.15) is 30.4 Å². The normalized spacial score (nSPS) is 16.7. The van der Waals surface area contributed by atoms with E-state index >= 15 is 0 Å². The van der Waals surface area contributed by atoms with Crippen LogP contribution in [-0.4, -0.2) is 97.9 Å². The number of likely N-dealkylation sites (tertiary alicyclic amines) is 1. The highest BCUT2D eigenvalue weighted by Gasteiger charge is 2.37. The van der Waals surface area contributed by atoms with Crippen molar-refractivity contribution in [2.45, 2.75) is 56.3 Å². The van der Waals surface area contributed by atoms with Crippen LogP contribution >= 0.6 is 0 Å². The molecule has 0 bridgehead atoms. The molecule has 2 aromatic rings. The second-order valence-corrected chi connectivity index (χ2v) is 12.7. The van der Waals surface area contributed by atoms with Gasteiger partial charge in [0.25, 0.3) is 5.69 Å². The summed E-state index contributed by atoms with van der Waals surface area (Å²) in [5, 5.41) is 28.0. The number of amides is 5. The van der Waals surface area contributed by atoms with Gasteiger partial charge in [0, 0.05) is 47.9 Å². The Morgan fingerprint density at radius 1 is 1.00 bits per heavy atom. The van der Waals surface area contributed by atoms with Gasteiger partial charge in [-0.3, -0.25) is 38.3 Å². The molecule has 2 aromatic carbocycles. The molecule has 1 aliphatic heterocycles. The van der Waals surface area contributed by atoms with Crippen LogP contribution in [0.4, 0.5) is 5.69 Å². The zero-order valence-electron chi connectivity index (χ0n) is 25.8. The fraction of sp³-hybridized carbons (Fsp3) is 0.433. The Morgan fingerprint density at radius 3 is 2.21 bits per heavy atom. The number of nitrogens with one attached hydrogen (secondary N) is 3. The smallest absolute Gasteiger partial charge is 0.269 e. The number of hydrogen-bond donors (Lipinski definition) is 6. The van der Waals surface area contributed by atoms with E-state index in [1.54, 1.807) is 12.1 Å². The van der Waals surface area contributed by atoms with Crippen LogP contribution in [0, 0.1) is 10.1 Å². The zero-order valence-corrected chi connectivity index (χ0v) is 26.6. The van der Waals surface area contributed by atoms with Crippen molar-refractivity contribution in [1.82, 2.24) is 20.9 Å². The number of primary amides is 1. The van der Waals surface area contributed by atoms with Crippen LogP contribution in [0.15, 0.2) is 48.5 Å². The molecule has 5 amide bonds. The molecule has 47 heavy (non-hydrogen) atoms. The Labute approximate surface area is 273 Å². The van der Waals surface area contributed by atoms with Crippen molar-refractivity contribution >= 4 is 46.0 Å². The van der Waals surface area contributed by atoms with E-state index in [9.17, 15) is 43.4 Å². The van der Waals surface area contributed by atoms with Crippen LogP contribution in [0.5, 0.6) is 5.75 Å². The summed E-state index contributed by atoms with van der Waals surface area (Å²) in [6.07, 6.45) is 2.36. The van der Waals surface area contributed by atoms with Crippen molar-refractivity contribution in [3.8, 4) is 5.75 Å². The molecule has 16 nitrogen and oxygen atoms in total. The lowest BCUT2D eigenvalue weighted by molar-refractivity contribution is -0.384. The van der Waals surface area contributed by atoms with E-state index in [-0.39, 0.29) is 43.0 Å². The van der Waals surface area contributed by atoms with Crippen LogP contribution in [0.3, 0.4) is 0 Å². The summed E-state index contributed by atoms with van der Waals surface area (Å²) in [4.78, 5) is 76.1. The van der Waals surface area contributed by atoms with Gasteiger partial charge in [0.05, 0.1) is 17.5 Å². The molecule has 5 atom stereocenters. The third kappa shape index (κ3) is 11.1. The molecule has 0 unspecified atom stereocenters. The Bertz CT molecular complexity index is 1490. The lowest BCUT2D eigenvalue weighted by atomic mass is 10.0. The molecule has 1 fully saturated rings. The molecule has 17 heteroatoms. The van der Waals surface area contributed by atoms with Gasteiger partial charge in [-0.2, -0.15) is 0 Å². The maximum atomic E-state index is 13.5. The van der Waals surface area contributed by atoms with Crippen molar-refractivity contribution in [1.29, 1.82) is 0 Å². The van der Waals surface area contributed by atoms with Crippen LogP contribution in [0.25, 0.3) is 0 Å². The van der Waals surface area contributed by atoms with E-state index in [4.69, 9.17) is 11.5 Å². The number of non-ortho nitro benzene ring substituents is 1. The first kappa shape index (κ1) is 36.6. The summed E-state index contributed by atoms with van der Waals surface area (Å²) in [6.45, 7) is -0.353. The zero-order chi connectivity index (χ0) is 34.7. The molecule has 0 spiro atoms. The number of nitro groups is 1. The first-order chi connectivity index (χ1) is 22.2. The number of carbonyl (C=O) groups excluding carboxylic acids is 5. The van der Waals surface area contributed by atoms with E-state index in [1.165, 1.54) is 47.6 Å². The standard InChI is InChI=1S/C30H39N7O9S/c1-47(46)14-12-23(35-28(41)22(31)15-18-6-10-21(38)11-7-18)29(42)33-17-26(39)34-24(16-19-4-8-20(9-5-19)37(44)45)30(43)36-13-2-3-25(36)27(32)40/h4-11,22-25,38H,2-3,12-17,31H2,1H3,(H2,32,40)(H,33,42)(H,34,39)(H,35,41)/t22-,23+,24-,25+,47+/m1/s1. The van der Waals surface area contributed by atoms with Gasteiger partial charge in [0.15, 0.2) is 0 Å². The average molecular weight is 674 g/mol. The Balaban J connectivity index is 1.68. The first-order valence-corrected chi connectivity index (χ1v) is 16.5. The number of benzene rings is 2. The second kappa shape index (κ2) is 17.1. The van der Waals surface area contributed by atoms with E-state index < -0.39 is 76.0 Å². The van der Waals surface area contributed by atoms with Gasteiger partial charge in [0.2, 0.25) is 29.5 Å². The summed E-state index contributed by atoms with van der Waals surface area (Å²) in [7, 11) is -1.30. The second-order valence-electron chi connectivity index (χ2n) is 11.2. The van der Waals surface area contributed by atoms with Gasteiger partial charge in [0.1, 0.15) is 23.9 Å². The predicted octanol–water partition coefficient (Wildman–Crippen LogP) is -1.26. The summed E-state index contributed by atoms with van der Waals surface area (Å²) >= 11 is 0. The van der Waals surface area contributed by atoms with E-state index in [0.29, 0.717) is 24.0 Å². The van der Waals surface area contributed by atoms with Crippen molar-refractivity contribution in [2.75, 3.05) is 25.1 Å². The number of nitrogens with two attached hydrogens (primary N) is 2. The number of hydrogen-bond acceptors (Lipinski definition) is 10. The van der Waals surface area contributed by atoms with Crippen molar-refractivity contribution in [3.63, 3.8) is 0 Å². The fourth-order valence-electron chi connectivity index (χ4n) is 5.06. The lowest BCUT2D eigenvalue weighted by Crippen LogP contribution is -2.56. The molecule has 254 valence electrons. The quantitative estimate of drug-likeness (QED) is 0.0911. The largest absolute Gasteiger partial charge is 0.508 e. The summed E-state index contributed by atoms with van der Waals surface area (Å²) in [5.41, 5.74) is 12.5. The summed E-state index contributed by atoms with van der Waals surface area (Å²) in [6, 6.07) is 7.22. The molecule has 0 radical (unpaired) electrons. The van der Waals surface area contributed by atoms with E-state index in [2.05, 4.69) is 16.0 Å². The highest BCUT2D eigenvalue weighted by Crippen LogP contribution is 2.20. The molecular weight excluding hydrogens is 634 g/mol. The molecule has 1 heterocycles. The SMILES string of the molecule is C[S@](=O)CC[C@H](NC(=O)[C@H](N)Cc1ccc(O)cc1)C(=O)NCC(=O)N[C@H](Cc1ccc([N+](=O)[O-])cc1)C(=O)N1CCC[C@H]1C(N)=O. The minimum Gasteiger partial charge on any atom is -0.508 e. The van der Waals surface area contributed by atoms with E-state index in [0.717, 1.165) is 0 Å². The van der Waals surface area contributed by atoms with Gasteiger partial charge in [-0.15, -0.1) is 0 Å². The number of phenols is 1. The number of nitro benzene ring substituents is 1. The molecule has 8 N–H and O–H groups in total. The lowest BCUT2D eigenvalue weighted by Gasteiger charge is -2.28. The van der Waals surface area contributed by atoms with Gasteiger partial charge in [-0.1, -0.05) is 24.3 Å². The molecule has 0 aliphatic carbocycles. The number of rotatable bonds is 16. The highest BCUT2D eigenvalue weighted by molar-refractivity contribution is 7.84. The highest BCUT2D eigenvalue weighted by atomic mass is 32.2. The predicted molar refractivity (Wildman–Crippen MR) is 171 cm³/mol. The Morgan fingerprint density at radius 2 is 1.62 bits per heavy atom. The number of phenolic OH excluding ortho intramolecular Hbond substituents is 1. The van der Waals surface area contributed by atoms with Crippen molar-refractivity contribution in [3.05, 3.63) is 69.8 Å². The minimum atomic E-state index is -1.30. The summed E-state index contributed by atoms with van der Waals surface area (Å²) in [5.74, 6) is -3.32. The third-order valence-electron chi connectivity index (χ3n) is 7.56. The van der Waals surface area contributed by atoms with E-state index in [1.807, 2.05) is 0 Å². The number of carbonyl (C=O) groups is 5. The van der Waals surface area contributed by atoms with Crippen molar-refractivity contribution in [2.24, 2.45) is 11.5 Å². The maximum absolute atomic E-state index is 13.5. The van der Waals surface area contributed by atoms with Crippen LogP contribution < -0.4 is 27.4 Å². The maximum Gasteiger partial charge on any atom is 0.269 e.